The van der Waals surface area contributed by atoms with Crippen LogP contribution in [0.2, 0.25) is 5.02 Å². The van der Waals surface area contributed by atoms with E-state index in [0.717, 1.165) is 44.1 Å². The number of hydrogen-bond donors (Lipinski definition) is 3. The van der Waals surface area contributed by atoms with Crippen molar-refractivity contribution >= 4 is 31.3 Å². The van der Waals surface area contributed by atoms with Crippen molar-refractivity contribution in [2.24, 2.45) is 11.8 Å². The quantitative estimate of drug-likeness (QED) is 0.142. The van der Waals surface area contributed by atoms with Crippen molar-refractivity contribution < 1.29 is 37.8 Å². The molecule has 1 aliphatic heterocycles. The van der Waals surface area contributed by atoms with Crippen molar-refractivity contribution in [1.82, 2.24) is 15.5 Å². The predicted octanol–water partition coefficient (Wildman–Crippen LogP) is 6.14. The van der Waals surface area contributed by atoms with Gasteiger partial charge in [0.25, 0.3) is 0 Å². The number of carbonyl (C=O) groups excluding carboxylic acids is 2. The Balaban J connectivity index is 1.72. The Morgan fingerprint density at radius 1 is 1.11 bits per heavy atom. The first-order chi connectivity index (χ1) is 21.2. The fraction of sp³-hybridized carbons (Fsp3) is 0.742. The van der Waals surface area contributed by atoms with E-state index in [1.165, 1.54) is 13.5 Å². The minimum absolute atomic E-state index is 0.0241. The number of aliphatic hydroxyl groups is 1. The number of rotatable bonds is 16. The van der Waals surface area contributed by atoms with Crippen LogP contribution in [0.4, 0.5) is 9.59 Å². The smallest absolute Gasteiger partial charge is 0.406 e. The number of carbonyl (C=O) groups is 2. The molecule has 1 aliphatic carbocycles. The summed E-state index contributed by atoms with van der Waals surface area (Å²) in [6, 6.07) is 6.63. The Morgan fingerprint density at radius 3 is 2.50 bits per heavy atom. The molecule has 3 amide bonds. The molecule has 1 saturated heterocycles. The van der Waals surface area contributed by atoms with Crippen molar-refractivity contribution in [3.8, 4) is 0 Å². The van der Waals surface area contributed by atoms with E-state index in [9.17, 15) is 19.3 Å². The van der Waals surface area contributed by atoms with E-state index in [-0.39, 0.29) is 50.6 Å². The van der Waals surface area contributed by atoms with Gasteiger partial charge in [-0.2, -0.15) is 0 Å². The van der Waals surface area contributed by atoms with Crippen molar-refractivity contribution in [2.45, 2.75) is 83.5 Å². The molecular formula is C31H51ClN3O8P. The lowest BCUT2D eigenvalue weighted by Crippen LogP contribution is -2.53. The maximum atomic E-state index is 13.7. The minimum atomic E-state index is -3.52. The normalized spacial score (nSPS) is 20.0. The van der Waals surface area contributed by atoms with Crippen molar-refractivity contribution in [3.05, 3.63) is 34.9 Å². The van der Waals surface area contributed by atoms with Crippen molar-refractivity contribution in [1.29, 1.82) is 0 Å². The first-order valence-electron chi connectivity index (χ1n) is 16.0. The fourth-order valence-corrected chi connectivity index (χ4v) is 8.26. The van der Waals surface area contributed by atoms with Gasteiger partial charge < -0.3 is 39.2 Å². The molecule has 0 spiro atoms. The van der Waals surface area contributed by atoms with E-state index in [2.05, 4.69) is 15.4 Å². The van der Waals surface area contributed by atoms with E-state index < -0.39 is 25.8 Å². The lowest BCUT2D eigenvalue weighted by atomic mass is 9.84. The molecule has 0 radical (unpaired) electrons. The molecule has 4 unspecified atom stereocenters. The lowest BCUT2D eigenvalue weighted by Gasteiger charge is -2.38. The van der Waals surface area contributed by atoms with E-state index in [1.807, 2.05) is 18.2 Å². The van der Waals surface area contributed by atoms with Crippen LogP contribution in [0.15, 0.2) is 24.3 Å². The molecule has 4 atom stereocenters. The van der Waals surface area contributed by atoms with Crippen LogP contribution >= 0.6 is 19.2 Å². The number of aliphatic hydroxyl groups excluding tert-OH is 1. The van der Waals surface area contributed by atoms with Gasteiger partial charge >= 0.3 is 19.7 Å². The van der Waals surface area contributed by atoms with Gasteiger partial charge in [0.1, 0.15) is 0 Å². The molecule has 2 aliphatic rings. The average Bonchev–Trinajstić information content (AvgIpc) is 3.01. The molecule has 1 aromatic rings. The SMILES string of the molecule is CCOP(=O)(CC(O)C(CC1CCCCC1)NC(=O)N1CCCC(C(OCCNC(=O)OC)c2cccc(Cl)c2)C1)OCC. The zero-order chi connectivity index (χ0) is 32.0. The highest BCUT2D eigenvalue weighted by atomic mass is 35.5. The molecule has 0 aromatic heterocycles. The van der Waals surface area contributed by atoms with Crippen LogP contribution in [0, 0.1) is 11.8 Å². The zero-order valence-electron chi connectivity index (χ0n) is 26.4. The molecule has 11 nitrogen and oxygen atoms in total. The van der Waals surface area contributed by atoms with E-state index in [0.29, 0.717) is 30.5 Å². The number of amides is 3. The third-order valence-corrected chi connectivity index (χ3v) is 10.7. The molecule has 3 N–H and O–H groups in total. The number of nitrogens with one attached hydrogen (secondary N) is 2. The minimum Gasteiger partial charge on any atom is -0.453 e. The molecule has 0 bridgehead atoms. The summed E-state index contributed by atoms with van der Waals surface area (Å²) >= 11 is 6.32. The summed E-state index contributed by atoms with van der Waals surface area (Å²) in [7, 11) is -2.21. The molecule has 13 heteroatoms. The van der Waals surface area contributed by atoms with Gasteiger partial charge in [0.05, 0.1) is 51.3 Å². The van der Waals surface area contributed by atoms with Gasteiger partial charge in [-0.05, 0) is 56.7 Å². The summed E-state index contributed by atoms with van der Waals surface area (Å²) in [6.07, 6.45) is 5.61. The van der Waals surface area contributed by atoms with Crippen molar-refractivity contribution in [3.63, 3.8) is 0 Å². The molecule has 3 rings (SSSR count). The van der Waals surface area contributed by atoms with Crippen LogP contribution in [0.25, 0.3) is 0 Å². The monoisotopic (exact) mass is 659 g/mol. The maximum absolute atomic E-state index is 13.7. The second-order valence-corrected chi connectivity index (χ2v) is 14.1. The molecular weight excluding hydrogens is 609 g/mol. The second kappa shape index (κ2) is 18.9. The summed E-state index contributed by atoms with van der Waals surface area (Å²) in [6.45, 7) is 5.41. The predicted molar refractivity (Wildman–Crippen MR) is 170 cm³/mol. The van der Waals surface area contributed by atoms with Crippen LogP contribution in [-0.2, 0) is 23.1 Å². The number of benzene rings is 1. The van der Waals surface area contributed by atoms with Gasteiger partial charge in [-0.15, -0.1) is 0 Å². The number of hydrogen-bond acceptors (Lipinski definition) is 8. The van der Waals surface area contributed by atoms with Crippen LogP contribution < -0.4 is 10.6 Å². The Morgan fingerprint density at radius 2 is 1.84 bits per heavy atom. The summed E-state index contributed by atoms with van der Waals surface area (Å²) in [5.41, 5.74) is 0.899. The number of likely N-dealkylation sites (tertiary alicyclic amines) is 1. The van der Waals surface area contributed by atoms with Gasteiger partial charge in [0, 0.05) is 30.6 Å². The Hall–Kier alpha value is -1.88. The summed E-state index contributed by atoms with van der Waals surface area (Å²) in [5, 5.41) is 17.7. The number of ether oxygens (including phenoxy) is 2. The number of nitrogens with zero attached hydrogens (tertiary/aromatic N) is 1. The number of halogens is 1. The maximum Gasteiger partial charge on any atom is 0.406 e. The number of alkyl carbamates (subject to hydrolysis) is 1. The second-order valence-electron chi connectivity index (χ2n) is 11.6. The first-order valence-corrected chi connectivity index (χ1v) is 18.1. The fourth-order valence-electron chi connectivity index (χ4n) is 6.28. The van der Waals surface area contributed by atoms with Gasteiger partial charge in [-0.25, -0.2) is 9.59 Å². The topological polar surface area (TPSA) is 136 Å². The zero-order valence-corrected chi connectivity index (χ0v) is 28.0. The van der Waals surface area contributed by atoms with Gasteiger partial charge in [-0.1, -0.05) is 55.8 Å². The van der Waals surface area contributed by atoms with Crippen molar-refractivity contribution in [2.75, 3.05) is 52.7 Å². The number of methoxy groups -OCH3 is 1. The summed E-state index contributed by atoms with van der Waals surface area (Å²) in [4.78, 5) is 27.0. The largest absolute Gasteiger partial charge is 0.453 e. The van der Waals surface area contributed by atoms with Crippen LogP contribution in [0.3, 0.4) is 0 Å². The highest BCUT2D eigenvalue weighted by Crippen LogP contribution is 2.49. The molecule has 1 saturated carbocycles. The Labute approximate surface area is 267 Å². The Kier molecular flexibility index (Phi) is 15.7. The van der Waals surface area contributed by atoms with Crippen LogP contribution in [0.5, 0.6) is 0 Å². The molecule has 1 aromatic carbocycles. The first kappa shape index (κ1) is 36.6. The van der Waals surface area contributed by atoms with Crippen LogP contribution in [0.1, 0.15) is 76.9 Å². The standard InChI is InChI=1S/C31H51ClN3O8P/c1-4-42-44(39,43-5-2)22-28(36)27(19-23-11-7-6-8-12-23)34-30(37)35-17-10-14-25(21-35)29(24-13-9-15-26(32)20-24)41-18-16-33-31(38)40-3/h9,13,15,20,23,25,27-29,36H,4-8,10-12,14,16-19,21-22H2,1-3H3,(H,33,38)(H,34,37). The number of piperidine rings is 1. The average molecular weight is 660 g/mol. The van der Waals surface area contributed by atoms with Gasteiger partial charge in [0.15, 0.2) is 0 Å². The third kappa shape index (κ3) is 11.8. The van der Waals surface area contributed by atoms with E-state index in [1.54, 1.807) is 24.8 Å². The highest BCUT2D eigenvalue weighted by molar-refractivity contribution is 7.53. The molecule has 44 heavy (non-hydrogen) atoms. The van der Waals surface area contributed by atoms with Crippen LogP contribution in [-0.4, -0.2) is 87.0 Å². The van der Waals surface area contributed by atoms with E-state index >= 15 is 0 Å². The Bertz CT molecular complexity index is 1070. The van der Waals surface area contributed by atoms with Gasteiger partial charge in [0.2, 0.25) is 0 Å². The van der Waals surface area contributed by atoms with E-state index in [4.69, 9.17) is 25.4 Å². The third-order valence-electron chi connectivity index (χ3n) is 8.35. The van der Waals surface area contributed by atoms with Gasteiger partial charge in [-0.3, -0.25) is 4.57 Å². The summed E-state index contributed by atoms with van der Waals surface area (Å²) in [5.74, 6) is 0.347. The summed E-state index contributed by atoms with van der Waals surface area (Å²) < 4.78 is 35.1. The highest BCUT2D eigenvalue weighted by Gasteiger charge is 2.36. The lowest BCUT2D eigenvalue weighted by molar-refractivity contribution is -0.00900. The molecule has 2 fully saturated rings. The number of urea groups is 1. The molecule has 1 heterocycles. The molecule has 250 valence electrons.